The Morgan fingerprint density at radius 2 is 1.57 bits per heavy atom. The van der Waals surface area contributed by atoms with Gasteiger partial charge in [-0.05, 0) is 25.1 Å². The Labute approximate surface area is 124 Å². The van der Waals surface area contributed by atoms with Gasteiger partial charge in [-0.2, -0.15) is 0 Å². The highest BCUT2D eigenvalue weighted by atomic mass is 15.4. The molecule has 2 aromatic carbocycles. The van der Waals surface area contributed by atoms with Crippen LogP contribution in [0.3, 0.4) is 0 Å². The number of hydrogen-bond donors (Lipinski definition) is 0. The van der Waals surface area contributed by atoms with Gasteiger partial charge < -0.3 is 4.90 Å². The third-order valence-electron chi connectivity index (χ3n) is 3.48. The topological polar surface area (TPSA) is 34.0 Å². The molecule has 0 radical (unpaired) electrons. The molecule has 4 nitrogen and oxygen atoms in total. The second-order valence-corrected chi connectivity index (χ2v) is 5.18. The molecular weight excluding hydrogens is 260 g/mol. The first-order valence-corrected chi connectivity index (χ1v) is 6.93. The molecule has 3 rings (SSSR count). The van der Waals surface area contributed by atoms with Crippen molar-refractivity contribution >= 4 is 5.69 Å². The van der Waals surface area contributed by atoms with Gasteiger partial charge in [0.2, 0.25) is 0 Å². The van der Waals surface area contributed by atoms with Crippen molar-refractivity contribution in [1.29, 1.82) is 0 Å². The van der Waals surface area contributed by atoms with E-state index in [4.69, 9.17) is 0 Å². The van der Waals surface area contributed by atoms with Crippen molar-refractivity contribution in [1.82, 2.24) is 15.0 Å². The van der Waals surface area contributed by atoms with Crippen LogP contribution in [0.5, 0.6) is 0 Å². The molecule has 0 saturated carbocycles. The second-order valence-electron chi connectivity index (χ2n) is 5.18. The molecule has 0 aliphatic carbocycles. The first-order valence-electron chi connectivity index (χ1n) is 6.93. The quantitative estimate of drug-likeness (QED) is 0.737. The van der Waals surface area contributed by atoms with Gasteiger partial charge in [0, 0.05) is 25.3 Å². The number of hydrogen-bond acceptors (Lipinski definition) is 3. The first-order chi connectivity index (χ1) is 10.2. The minimum Gasteiger partial charge on any atom is -0.377 e. The fraction of sp³-hybridized carbons (Fsp3) is 0.176. The van der Waals surface area contributed by atoms with Crippen LogP contribution in [0.15, 0.2) is 54.6 Å². The normalized spacial score (nSPS) is 10.6. The minimum absolute atomic E-state index is 0.924. The lowest BCUT2D eigenvalue weighted by atomic mass is 10.1. The number of para-hydroxylation sites is 2. The molecule has 0 unspecified atom stereocenters. The lowest BCUT2D eigenvalue weighted by Gasteiger charge is -2.18. The van der Waals surface area contributed by atoms with E-state index in [0.717, 1.165) is 28.3 Å². The Kier molecular flexibility index (Phi) is 3.44. The summed E-state index contributed by atoms with van der Waals surface area (Å²) in [6.07, 6.45) is 0. The highest BCUT2D eigenvalue weighted by Gasteiger charge is 2.16. The van der Waals surface area contributed by atoms with Gasteiger partial charge in [0.05, 0.1) is 17.1 Å². The fourth-order valence-electron chi connectivity index (χ4n) is 2.48. The summed E-state index contributed by atoms with van der Waals surface area (Å²) in [6, 6.07) is 18.4. The van der Waals surface area contributed by atoms with Gasteiger partial charge in [0.1, 0.15) is 0 Å². The average Bonchev–Trinajstić information content (AvgIpc) is 2.89. The number of aromatic nitrogens is 3. The molecular formula is C17H18N4. The number of anilines is 1. The van der Waals surface area contributed by atoms with Crippen LogP contribution in [0.2, 0.25) is 0 Å². The summed E-state index contributed by atoms with van der Waals surface area (Å²) >= 11 is 0. The van der Waals surface area contributed by atoms with Gasteiger partial charge in [-0.1, -0.05) is 41.6 Å². The minimum atomic E-state index is 0.924. The molecule has 0 amide bonds. The fourth-order valence-corrected chi connectivity index (χ4v) is 2.48. The number of rotatable bonds is 3. The van der Waals surface area contributed by atoms with Gasteiger partial charge in [0.25, 0.3) is 0 Å². The van der Waals surface area contributed by atoms with Gasteiger partial charge in [-0.25, -0.2) is 4.68 Å². The molecule has 0 saturated heterocycles. The maximum absolute atomic E-state index is 4.31. The van der Waals surface area contributed by atoms with E-state index in [9.17, 15) is 0 Å². The van der Waals surface area contributed by atoms with Crippen molar-refractivity contribution in [3.05, 3.63) is 60.3 Å². The average molecular weight is 278 g/mol. The highest BCUT2D eigenvalue weighted by molar-refractivity contribution is 5.78. The Morgan fingerprint density at radius 3 is 2.29 bits per heavy atom. The summed E-state index contributed by atoms with van der Waals surface area (Å²) in [6.45, 7) is 1.99. The predicted octanol–water partition coefficient (Wildman–Crippen LogP) is 3.31. The molecule has 0 bridgehead atoms. The van der Waals surface area contributed by atoms with E-state index in [1.54, 1.807) is 0 Å². The third kappa shape index (κ3) is 2.40. The number of nitrogens with zero attached hydrogens (tertiary/aromatic N) is 4. The summed E-state index contributed by atoms with van der Waals surface area (Å²) in [5, 5.41) is 8.58. The summed E-state index contributed by atoms with van der Waals surface area (Å²) < 4.78 is 1.90. The number of benzene rings is 2. The van der Waals surface area contributed by atoms with E-state index in [0.29, 0.717) is 0 Å². The molecule has 0 aliphatic heterocycles. The van der Waals surface area contributed by atoms with Crippen LogP contribution in [0.25, 0.3) is 16.9 Å². The zero-order valence-corrected chi connectivity index (χ0v) is 12.5. The summed E-state index contributed by atoms with van der Waals surface area (Å²) in [5.41, 5.74) is 5.26. The zero-order valence-electron chi connectivity index (χ0n) is 12.5. The van der Waals surface area contributed by atoms with E-state index in [1.165, 1.54) is 0 Å². The van der Waals surface area contributed by atoms with E-state index < -0.39 is 0 Å². The molecule has 21 heavy (non-hydrogen) atoms. The van der Waals surface area contributed by atoms with Crippen LogP contribution < -0.4 is 4.90 Å². The summed E-state index contributed by atoms with van der Waals surface area (Å²) in [4.78, 5) is 2.11. The van der Waals surface area contributed by atoms with Crippen LogP contribution >= 0.6 is 0 Å². The second kappa shape index (κ2) is 5.40. The lowest BCUT2D eigenvalue weighted by molar-refractivity contribution is 0.805. The molecule has 106 valence electrons. The van der Waals surface area contributed by atoms with Crippen LogP contribution in [-0.2, 0) is 0 Å². The van der Waals surface area contributed by atoms with Gasteiger partial charge in [-0.3, -0.25) is 0 Å². The highest BCUT2D eigenvalue weighted by Crippen LogP contribution is 2.32. The zero-order chi connectivity index (χ0) is 14.8. The Morgan fingerprint density at radius 1 is 0.905 bits per heavy atom. The molecule has 1 aromatic heterocycles. The summed E-state index contributed by atoms with van der Waals surface area (Å²) in [7, 11) is 4.09. The molecule has 0 fully saturated rings. The number of aryl methyl sites for hydroxylation is 1. The SMILES string of the molecule is Cc1nnn(-c2ccccc2)c1-c1ccccc1N(C)C. The lowest BCUT2D eigenvalue weighted by Crippen LogP contribution is -2.11. The van der Waals surface area contributed by atoms with Crippen molar-refractivity contribution in [2.24, 2.45) is 0 Å². The van der Waals surface area contributed by atoms with Crippen molar-refractivity contribution < 1.29 is 0 Å². The van der Waals surface area contributed by atoms with Crippen LogP contribution in [0.4, 0.5) is 5.69 Å². The molecule has 3 aromatic rings. The van der Waals surface area contributed by atoms with E-state index in [-0.39, 0.29) is 0 Å². The van der Waals surface area contributed by atoms with Gasteiger partial charge in [0.15, 0.2) is 0 Å². The molecule has 0 aliphatic rings. The van der Waals surface area contributed by atoms with Crippen molar-refractivity contribution in [2.75, 3.05) is 19.0 Å². The maximum atomic E-state index is 4.31. The van der Waals surface area contributed by atoms with E-state index in [1.807, 2.05) is 68.2 Å². The standard InChI is InChI=1S/C17H18N4/c1-13-17(15-11-7-8-12-16(15)20(2)3)21(19-18-13)14-9-5-4-6-10-14/h4-12H,1-3H3. The summed E-state index contributed by atoms with van der Waals surface area (Å²) in [5.74, 6) is 0. The Hall–Kier alpha value is -2.62. The van der Waals surface area contributed by atoms with E-state index >= 15 is 0 Å². The largest absolute Gasteiger partial charge is 0.377 e. The van der Waals surface area contributed by atoms with Gasteiger partial charge in [-0.15, -0.1) is 5.10 Å². The smallest absolute Gasteiger partial charge is 0.0994 e. The van der Waals surface area contributed by atoms with Crippen LogP contribution in [0.1, 0.15) is 5.69 Å². The first kappa shape index (κ1) is 13.4. The molecule has 4 heteroatoms. The maximum Gasteiger partial charge on any atom is 0.0994 e. The Bertz CT molecular complexity index is 744. The van der Waals surface area contributed by atoms with Crippen LogP contribution in [-0.4, -0.2) is 29.1 Å². The molecule has 0 atom stereocenters. The molecule has 0 N–H and O–H groups in total. The molecule has 0 spiro atoms. The van der Waals surface area contributed by atoms with Gasteiger partial charge >= 0.3 is 0 Å². The Balaban J connectivity index is 2.23. The molecule has 1 heterocycles. The third-order valence-corrected chi connectivity index (χ3v) is 3.48. The predicted molar refractivity (Wildman–Crippen MR) is 85.9 cm³/mol. The van der Waals surface area contributed by atoms with Crippen LogP contribution in [0, 0.1) is 6.92 Å². The van der Waals surface area contributed by atoms with Crippen molar-refractivity contribution in [3.63, 3.8) is 0 Å². The monoisotopic (exact) mass is 278 g/mol. The van der Waals surface area contributed by atoms with E-state index in [2.05, 4.69) is 27.3 Å². The van der Waals surface area contributed by atoms with Crippen molar-refractivity contribution in [2.45, 2.75) is 6.92 Å². The van der Waals surface area contributed by atoms with Crippen molar-refractivity contribution in [3.8, 4) is 16.9 Å².